The summed E-state index contributed by atoms with van der Waals surface area (Å²) in [6.45, 7) is 5.20. The number of hydrogen-bond donors (Lipinski definition) is 3. The van der Waals surface area contributed by atoms with Crippen molar-refractivity contribution in [3.05, 3.63) is 0 Å². The van der Waals surface area contributed by atoms with Gasteiger partial charge in [-0.1, -0.05) is 0 Å². The first kappa shape index (κ1) is 14.4. The average Bonchev–Trinajstić information content (AvgIpc) is 1.93. The van der Waals surface area contributed by atoms with Gasteiger partial charge < -0.3 is 5.11 Å². The Morgan fingerprint density at radius 2 is 1.88 bits per heavy atom. The molecule has 0 radical (unpaired) electrons. The molecule has 100 valence electrons. The van der Waals surface area contributed by atoms with E-state index in [0.29, 0.717) is 12.8 Å². The van der Waals surface area contributed by atoms with Crippen LogP contribution in [0.3, 0.4) is 0 Å². The molecule has 0 bridgehead atoms. The highest BCUT2D eigenvalue weighted by Gasteiger charge is 2.42. The van der Waals surface area contributed by atoms with Crippen molar-refractivity contribution in [2.24, 2.45) is 0 Å². The fourth-order valence-electron chi connectivity index (χ4n) is 1.92. The van der Waals surface area contributed by atoms with Gasteiger partial charge in [0, 0.05) is 11.1 Å². The molecule has 1 aliphatic carbocycles. The number of carboxylic acids is 1. The second kappa shape index (κ2) is 4.55. The Balaban J connectivity index is 2.71. The summed E-state index contributed by atoms with van der Waals surface area (Å²) in [6.07, 6.45) is 1.83. The van der Waals surface area contributed by atoms with Crippen LogP contribution in [0.5, 0.6) is 0 Å². The van der Waals surface area contributed by atoms with Crippen LogP contribution in [-0.4, -0.2) is 30.6 Å². The minimum atomic E-state index is -3.67. The number of carboxylic acid groups (broad SMARTS) is 1. The zero-order valence-corrected chi connectivity index (χ0v) is 11.2. The van der Waals surface area contributed by atoms with Crippen LogP contribution in [0.15, 0.2) is 0 Å². The average molecular weight is 264 g/mol. The van der Waals surface area contributed by atoms with Crippen molar-refractivity contribution >= 4 is 16.2 Å². The number of carbonyl (C=O) groups is 1. The molecule has 1 fully saturated rings. The van der Waals surface area contributed by atoms with Crippen LogP contribution in [0.4, 0.5) is 0 Å². The summed E-state index contributed by atoms with van der Waals surface area (Å²) < 4.78 is 28.6. The quantitative estimate of drug-likeness (QED) is 0.678. The summed E-state index contributed by atoms with van der Waals surface area (Å²) in [5, 5.41) is 8.79. The van der Waals surface area contributed by atoms with E-state index in [0.717, 1.165) is 6.42 Å². The van der Waals surface area contributed by atoms with Crippen molar-refractivity contribution in [3.8, 4) is 0 Å². The maximum absolute atomic E-state index is 11.8. The Hall–Kier alpha value is -0.660. The van der Waals surface area contributed by atoms with Gasteiger partial charge in [-0.2, -0.15) is 17.9 Å². The molecule has 1 rings (SSSR count). The number of nitrogens with one attached hydrogen (secondary N) is 2. The summed E-state index contributed by atoms with van der Waals surface area (Å²) in [5.41, 5.74) is -1.39. The Bertz CT molecular complexity index is 393. The highest BCUT2D eigenvalue weighted by molar-refractivity contribution is 7.87. The monoisotopic (exact) mass is 264 g/mol. The van der Waals surface area contributed by atoms with Gasteiger partial charge >= 0.3 is 5.97 Å². The predicted molar refractivity (Wildman–Crippen MR) is 63.8 cm³/mol. The summed E-state index contributed by atoms with van der Waals surface area (Å²) in [4.78, 5) is 10.7. The number of rotatable bonds is 5. The van der Waals surface area contributed by atoms with E-state index >= 15 is 0 Å². The summed E-state index contributed by atoms with van der Waals surface area (Å²) in [5.74, 6) is -0.983. The van der Waals surface area contributed by atoms with E-state index in [1.807, 2.05) is 0 Å². The minimum absolute atomic E-state index is 0.169. The van der Waals surface area contributed by atoms with E-state index in [1.165, 1.54) is 0 Å². The summed E-state index contributed by atoms with van der Waals surface area (Å²) in [7, 11) is -3.67. The van der Waals surface area contributed by atoms with Crippen LogP contribution < -0.4 is 9.44 Å². The van der Waals surface area contributed by atoms with Gasteiger partial charge in [0.2, 0.25) is 0 Å². The van der Waals surface area contributed by atoms with Gasteiger partial charge in [-0.15, -0.1) is 0 Å². The molecule has 0 saturated heterocycles. The van der Waals surface area contributed by atoms with E-state index in [2.05, 4.69) is 9.44 Å². The van der Waals surface area contributed by atoms with Crippen LogP contribution in [0.2, 0.25) is 0 Å². The Morgan fingerprint density at radius 1 is 1.35 bits per heavy atom. The first-order chi connectivity index (χ1) is 7.54. The number of hydrogen-bond acceptors (Lipinski definition) is 3. The van der Waals surface area contributed by atoms with Crippen molar-refractivity contribution in [1.82, 2.24) is 9.44 Å². The molecular weight excluding hydrogens is 244 g/mol. The highest BCUT2D eigenvalue weighted by Crippen LogP contribution is 2.35. The molecule has 0 spiro atoms. The molecule has 0 aromatic heterocycles. The van der Waals surface area contributed by atoms with Crippen molar-refractivity contribution < 1.29 is 18.3 Å². The van der Waals surface area contributed by atoms with E-state index < -0.39 is 27.3 Å². The summed E-state index contributed by atoms with van der Waals surface area (Å²) >= 11 is 0. The van der Waals surface area contributed by atoms with Crippen LogP contribution in [0.1, 0.15) is 46.5 Å². The smallest absolute Gasteiger partial charge is 0.305 e. The third-order valence-corrected chi connectivity index (χ3v) is 4.17. The van der Waals surface area contributed by atoms with Gasteiger partial charge in [-0.25, -0.2) is 0 Å². The molecule has 0 aromatic rings. The molecule has 3 N–H and O–H groups in total. The van der Waals surface area contributed by atoms with Gasteiger partial charge in [0.05, 0.1) is 6.42 Å². The molecule has 0 heterocycles. The molecule has 17 heavy (non-hydrogen) atoms. The van der Waals surface area contributed by atoms with Crippen LogP contribution in [0, 0.1) is 0 Å². The Kier molecular flexibility index (Phi) is 3.85. The van der Waals surface area contributed by atoms with Crippen LogP contribution >= 0.6 is 0 Å². The first-order valence-electron chi connectivity index (χ1n) is 5.58. The molecule has 0 amide bonds. The summed E-state index contributed by atoms with van der Waals surface area (Å²) in [6, 6.07) is 0. The lowest BCUT2D eigenvalue weighted by atomic mass is 9.75. The van der Waals surface area contributed by atoms with Crippen molar-refractivity contribution in [2.75, 3.05) is 0 Å². The van der Waals surface area contributed by atoms with Gasteiger partial charge in [0.25, 0.3) is 10.2 Å². The highest BCUT2D eigenvalue weighted by atomic mass is 32.2. The van der Waals surface area contributed by atoms with E-state index in [9.17, 15) is 13.2 Å². The zero-order chi connectivity index (χ0) is 13.3. The molecular formula is C10H20N2O4S. The normalized spacial score (nSPS) is 19.7. The topological polar surface area (TPSA) is 95.5 Å². The van der Waals surface area contributed by atoms with Gasteiger partial charge in [0.15, 0.2) is 0 Å². The van der Waals surface area contributed by atoms with Crippen molar-refractivity contribution in [1.29, 1.82) is 0 Å². The van der Waals surface area contributed by atoms with Gasteiger partial charge in [-0.05, 0) is 40.0 Å². The SMILES string of the molecule is CC(C)(C)NS(=O)(=O)NC1(CC(=O)O)CCC1. The molecule has 0 aliphatic heterocycles. The predicted octanol–water partition coefficient (Wildman–Crippen LogP) is 0.606. The fourth-order valence-corrected chi connectivity index (χ4v) is 3.63. The molecule has 1 saturated carbocycles. The molecule has 0 atom stereocenters. The van der Waals surface area contributed by atoms with Crippen molar-refractivity contribution in [3.63, 3.8) is 0 Å². The maximum atomic E-state index is 11.8. The third kappa shape index (κ3) is 4.61. The zero-order valence-electron chi connectivity index (χ0n) is 10.4. The van der Waals surface area contributed by atoms with Gasteiger partial charge in [0.1, 0.15) is 0 Å². The van der Waals surface area contributed by atoms with E-state index in [1.54, 1.807) is 20.8 Å². The second-order valence-corrected chi connectivity index (χ2v) is 7.08. The van der Waals surface area contributed by atoms with E-state index in [4.69, 9.17) is 5.11 Å². The molecule has 0 aromatic carbocycles. The lowest BCUT2D eigenvalue weighted by molar-refractivity contribution is -0.139. The van der Waals surface area contributed by atoms with Crippen molar-refractivity contribution in [2.45, 2.75) is 57.5 Å². The Labute approximate surface area is 102 Å². The standard InChI is InChI=1S/C10H20N2O4S/c1-9(2,3)11-17(15,16)12-10(5-4-6-10)7-8(13)14/h11-12H,4-7H2,1-3H3,(H,13,14). The van der Waals surface area contributed by atoms with E-state index in [-0.39, 0.29) is 6.42 Å². The lowest BCUT2D eigenvalue weighted by Crippen LogP contribution is -2.59. The first-order valence-corrected chi connectivity index (χ1v) is 7.07. The number of aliphatic carboxylic acids is 1. The molecule has 0 unspecified atom stereocenters. The van der Waals surface area contributed by atoms with Crippen LogP contribution in [0.25, 0.3) is 0 Å². The van der Waals surface area contributed by atoms with Crippen LogP contribution in [-0.2, 0) is 15.0 Å². The lowest BCUT2D eigenvalue weighted by Gasteiger charge is -2.41. The Morgan fingerprint density at radius 3 is 2.18 bits per heavy atom. The largest absolute Gasteiger partial charge is 0.481 e. The maximum Gasteiger partial charge on any atom is 0.305 e. The second-order valence-electron chi connectivity index (χ2n) is 5.66. The molecule has 7 heteroatoms. The third-order valence-electron chi connectivity index (χ3n) is 2.59. The van der Waals surface area contributed by atoms with Gasteiger partial charge in [-0.3, -0.25) is 4.79 Å². The minimum Gasteiger partial charge on any atom is -0.481 e. The molecule has 1 aliphatic rings. The fraction of sp³-hybridized carbons (Fsp3) is 0.900. The molecule has 6 nitrogen and oxygen atoms in total.